The summed E-state index contributed by atoms with van der Waals surface area (Å²) in [7, 11) is 0. The molecule has 0 fully saturated rings. The zero-order chi connectivity index (χ0) is 14.8. The average Bonchev–Trinajstić information content (AvgIpc) is 2.52. The molecule has 0 saturated carbocycles. The average molecular weight is 278 g/mol. The van der Waals surface area contributed by atoms with Gasteiger partial charge in [-0.25, -0.2) is 4.79 Å². The van der Waals surface area contributed by atoms with Crippen LogP contribution in [0.1, 0.15) is 31.1 Å². The number of ketones is 2. The smallest absolute Gasteiger partial charge is 0.343 e. The van der Waals surface area contributed by atoms with E-state index in [9.17, 15) is 14.4 Å². The van der Waals surface area contributed by atoms with Crippen molar-refractivity contribution in [3.05, 3.63) is 77.4 Å². The predicted octanol–water partition coefficient (Wildman–Crippen LogP) is 2.84. The third-order valence-electron chi connectivity index (χ3n) is 3.14. The number of rotatable bonds is 2. The summed E-state index contributed by atoms with van der Waals surface area (Å²) in [5.41, 5.74) is 0.760. The number of ether oxygens (including phenoxy) is 1. The summed E-state index contributed by atoms with van der Waals surface area (Å²) in [6.07, 6.45) is 2.40. The van der Waals surface area contributed by atoms with E-state index in [4.69, 9.17) is 4.74 Å². The number of hydrogen-bond acceptors (Lipinski definition) is 4. The van der Waals surface area contributed by atoms with E-state index < -0.39 is 5.97 Å². The Bertz CT molecular complexity index is 773. The molecule has 21 heavy (non-hydrogen) atoms. The lowest BCUT2D eigenvalue weighted by Gasteiger charge is -2.13. The number of esters is 1. The summed E-state index contributed by atoms with van der Waals surface area (Å²) in [4.78, 5) is 35.8. The number of carbonyl (C=O) groups is 3. The van der Waals surface area contributed by atoms with E-state index in [1.807, 2.05) is 0 Å². The van der Waals surface area contributed by atoms with Crippen molar-refractivity contribution < 1.29 is 19.1 Å². The molecule has 102 valence electrons. The first-order chi connectivity index (χ1) is 10.2. The van der Waals surface area contributed by atoms with Gasteiger partial charge in [0.25, 0.3) is 0 Å². The lowest BCUT2D eigenvalue weighted by molar-refractivity contribution is 0.0731. The monoisotopic (exact) mass is 278 g/mol. The second kappa shape index (κ2) is 5.17. The highest BCUT2D eigenvalue weighted by Gasteiger charge is 2.24. The Labute approximate surface area is 120 Å². The van der Waals surface area contributed by atoms with E-state index >= 15 is 0 Å². The van der Waals surface area contributed by atoms with Gasteiger partial charge >= 0.3 is 5.97 Å². The molecule has 2 aromatic carbocycles. The van der Waals surface area contributed by atoms with Gasteiger partial charge in [0.05, 0.1) is 11.1 Å². The van der Waals surface area contributed by atoms with E-state index in [1.54, 1.807) is 42.5 Å². The Morgan fingerprint density at radius 3 is 2.29 bits per heavy atom. The standard InChI is InChI=1S/C17H10O4/c18-13-9-10-14(19)16-12(13)7-4-8-15(16)21-17(20)11-5-2-1-3-6-11/h1-10H. The first-order valence-corrected chi connectivity index (χ1v) is 6.34. The molecule has 0 atom stereocenters. The fourth-order valence-corrected chi connectivity index (χ4v) is 2.13. The van der Waals surface area contributed by atoms with Crippen LogP contribution in [0.5, 0.6) is 5.75 Å². The minimum atomic E-state index is -0.571. The largest absolute Gasteiger partial charge is 0.422 e. The third kappa shape index (κ3) is 2.39. The first kappa shape index (κ1) is 13.0. The van der Waals surface area contributed by atoms with Gasteiger partial charge in [0.15, 0.2) is 11.6 Å². The third-order valence-corrected chi connectivity index (χ3v) is 3.14. The lowest BCUT2D eigenvalue weighted by Crippen LogP contribution is -2.16. The van der Waals surface area contributed by atoms with Crippen molar-refractivity contribution in [1.29, 1.82) is 0 Å². The minimum absolute atomic E-state index is 0.101. The highest BCUT2D eigenvalue weighted by atomic mass is 16.5. The Kier molecular flexibility index (Phi) is 3.20. The maximum Gasteiger partial charge on any atom is 0.343 e. The van der Waals surface area contributed by atoms with Gasteiger partial charge in [-0.1, -0.05) is 30.3 Å². The van der Waals surface area contributed by atoms with Gasteiger partial charge in [-0.05, 0) is 30.4 Å². The molecule has 2 aromatic rings. The molecular weight excluding hydrogens is 268 g/mol. The van der Waals surface area contributed by atoms with Crippen LogP contribution in [0.3, 0.4) is 0 Å². The second-order valence-corrected chi connectivity index (χ2v) is 4.50. The van der Waals surface area contributed by atoms with E-state index in [2.05, 4.69) is 0 Å². The lowest BCUT2D eigenvalue weighted by atomic mass is 9.94. The van der Waals surface area contributed by atoms with Gasteiger partial charge in [0.2, 0.25) is 0 Å². The van der Waals surface area contributed by atoms with Gasteiger partial charge in [-0.15, -0.1) is 0 Å². The van der Waals surface area contributed by atoms with Gasteiger partial charge in [0.1, 0.15) is 5.75 Å². The molecule has 0 amide bonds. The molecule has 0 saturated heterocycles. The molecule has 0 heterocycles. The predicted molar refractivity (Wildman–Crippen MR) is 75.6 cm³/mol. The van der Waals surface area contributed by atoms with Crippen molar-refractivity contribution in [3.8, 4) is 5.75 Å². The summed E-state index contributed by atoms with van der Waals surface area (Å²) in [5, 5.41) is 0. The van der Waals surface area contributed by atoms with Gasteiger partial charge in [-0.3, -0.25) is 9.59 Å². The molecular formula is C17H10O4. The number of allylic oxidation sites excluding steroid dienone is 2. The van der Waals surface area contributed by atoms with Crippen LogP contribution in [0.25, 0.3) is 0 Å². The van der Waals surface area contributed by atoms with E-state index in [0.29, 0.717) is 5.56 Å². The van der Waals surface area contributed by atoms with Crippen LogP contribution in [0.4, 0.5) is 0 Å². The van der Waals surface area contributed by atoms with Crippen LogP contribution in [-0.4, -0.2) is 17.5 Å². The molecule has 0 N–H and O–H groups in total. The first-order valence-electron chi connectivity index (χ1n) is 6.34. The van der Waals surface area contributed by atoms with Crippen molar-refractivity contribution in [2.75, 3.05) is 0 Å². The van der Waals surface area contributed by atoms with Crippen LogP contribution in [-0.2, 0) is 0 Å². The molecule has 0 spiro atoms. The molecule has 0 unspecified atom stereocenters. The molecule has 0 aromatic heterocycles. The molecule has 0 radical (unpaired) electrons. The molecule has 1 aliphatic rings. The van der Waals surface area contributed by atoms with Crippen LogP contribution in [0.2, 0.25) is 0 Å². The Morgan fingerprint density at radius 2 is 1.52 bits per heavy atom. The molecule has 0 bridgehead atoms. The van der Waals surface area contributed by atoms with Crippen molar-refractivity contribution in [2.24, 2.45) is 0 Å². The zero-order valence-corrected chi connectivity index (χ0v) is 10.9. The fourth-order valence-electron chi connectivity index (χ4n) is 2.13. The van der Waals surface area contributed by atoms with Crippen molar-refractivity contribution >= 4 is 17.5 Å². The molecule has 1 aliphatic carbocycles. The van der Waals surface area contributed by atoms with Crippen LogP contribution >= 0.6 is 0 Å². The van der Waals surface area contributed by atoms with Crippen LogP contribution in [0.15, 0.2) is 60.7 Å². The molecule has 0 aliphatic heterocycles. The van der Waals surface area contributed by atoms with E-state index in [0.717, 1.165) is 0 Å². The van der Waals surface area contributed by atoms with Gasteiger partial charge in [0, 0.05) is 5.56 Å². The van der Waals surface area contributed by atoms with Crippen molar-refractivity contribution in [1.82, 2.24) is 0 Å². The van der Waals surface area contributed by atoms with Crippen molar-refractivity contribution in [3.63, 3.8) is 0 Å². The highest BCUT2D eigenvalue weighted by Crippen LogP contribution is 2.27. The Balaban J connectivity index is 1.98. The van der Waals surface area contributed by atoms with E-state index in [1.165, 1.54) is 18.2 Å². The molecule has 4 nitrogen and oxygen atoms in total. The number of carbonyl (C=O) groups excluding carboxylic acids is 3. The second-order valence-electron chi connectivity index (χ2n) is 4.50. The molecule has 3 rings (SSSR count). The summed E-state index contributed by atoms with van der Waals surface area (Å²) >= 11 is 0. The summed E-state index contributed by atoms with van der Waals surface area (Å²) in [5.74, 6) is -1.09. The fraction of sp³-hybridized carbons (Fsp3) is 0. The Morgan fingerprint density at radius 1 is 0.810 bits per heavy atom. The highest BCUT2D eigenvalue weighted by molar-refractivity contribution is 6.23. The zero-order valence-electron chi connectivity index (χ0n) is 10.9. The SMILES string of the molecule is O=C(Oc1cccc2c1C(=O)C=CC2=O)c1ccccc1. The number of benzene rings is 2. The van der Waals surface area contributed by atoms with E-state index in [-0.39, 0.29) is 28.4 Å². The summed E-state index contributed by atoms with van der Waals surface area (Å²) in [6, 6.07) is 13.1. The van der Waals surface area contributed by atoms with Crippen LogP contribution < -0.4 is 4.74 Å². The maximum atomic E-state index is 12.1. The number of fused-ring (bicyclic) bond motifs is 1. The summed E-state index contributed by atoms with van der Waals surface area (Å²) in [6.45, 7) is 0. The van der Waals surface area contributed by atoms with Gasteiger partial charge < -0.3 is 4.74 Å². The minimum Gasteiger partial charge on any atom is -0.422 e. The van der Waals surface area contributed by atoms with Gasteiger partial charge in [-0.2, -0.15) is 0 Å². The number of hydrogen-bond donors (Lipinski definition) is 0. The van der Waals surface area contributed by atoms with Crippen molar-refractivity contribution in [2.45, 2.75) is 0 Å². The Hall–Kier alpha value is -3.01. The maximum absolute atomic E-state index is 12.1. The summed E-state index contributed by atoms with van der Waals surface area (Å²) < 4.78 is 5.27. The molecule has 4 heteroatoms. The topological polar surface area (TPSA) is 60.4 Å². The van der Waals surface area contributed by atoms with Crippen LogP contribution in [0, 0.1) is 0 Å². The quantitative estimate of drug-likeness (QED) is 0.626. The normalized spacial score (nSPS) is 13.0.